The first-order valence-electron chi connectivity index (χ1n) is 5.34. The van der Waals surface area contributed by atoms with E-state index in [9.17, 15) is 9.59 Å². The van der Waals surface area contributed by atoms with E-state index in [-0.39, 0.29) is 0 Å². The lowest BCUT2D eigenvalue weighted by molar-refractivity contribution is 0.0921. The van der Waals surface area contributed by atoms with Crippen molar-refractivity contribution < 1.29 is 14.3 Å². The molecular formula is C13H12N2O3. The molecule has 0 heterocycles. The lowest BCUT2D eigenvalue weighted by atomic mass is 10.1. The number of hydrogen-bond acceptors (Lipinski definition) is 3. The number of hydrogen-bond donors (Lipinski definition) is 2. The van der Waals surface area contributed by atoms with E-state index < -0.39 is 12.0 Å². The van der Waals surface area contributed by atoms with E-state index in [0.29, 0.717) is 5.56 Å². The van der Waals surface area contributed by atoms with Crippen LogP contribution in [0.4, 0.5) is 4.79 Å². The van der Waals surface area contributed by atoms with Crippen LogP contribution in [0.2, 0.25) is 0 Å². The quantitative estimate of drug-likeness (QED) is 0.752. The zero-order chi connectivity index (χ0) is 13.0. The molecule has 2 rings (SSSR count). The molecule has 0 saturated carbocycles. The first kappa shape index (κ1) is 11.9. The SMILES string of the molecule is COC(=O)NNC(=O)c1ccc2ccccc2c1. The highest BCUT2D eigenvalue weighted by Gasteiger charge is 2.07. The summed E-state index contributed by atoms with van der Waals surface area (Å²) >= 11 is 0. The standard InChI is InChI=1S/C13H12N2O3/c1-18-13(17)15-14-12(16)11-7-6-9-4-2-3-5-10(9)8-11/h2-8H,1H3,(H,14,16)(H,15,17). The Morgan fingerprint density at radius 2 is 1.72 bits per heavy atom. The second kappa shape index (κ2) is 5.18. The molecule has 0 atom stereocenters. The van der Waals surface area contributed by atoms with Gasteiger partial charge in [-0.25, -0.2) is 10.2 Å². The lowest BCUT2D eigenvalue weighted by Crippen LogP contribution is -2.41. The third-order valence-corrected chi connectivity index (χ3v) is 2.48. The lowest BCUT2D eigenvalue weighted by Gasteiger charge is -2.06. The van der Waals surface area contributed by atoms with Crippen molar-refractivity contribution in [1.82, 2.24) is 10.9 Å². The highest BCUT2D eigenvalue weighted by molar-refractivity contribution is 5.98. The van der Waals surface area contributed by atoms with Gasteiger partial charge in [0.15, 0.2) is 0 Å². The summed E-state index contributed by atoms with van der Waals surface area (Å²) in [7, 11) is 1.22. The average molecular weight is 244 g/mol. The first-order chi connectivity index (χ1) is 8.70. The smallest absolute Gasteiger partial charge is 0.425 e. The number of fused-ring (bicyclic) bond motifs is 1. The Morgan fingerprint density at radius 3 is 2.44 bits per heavy atom. The van der Waals surface area contributed by atoms with E-state index in [1.165, 1.54) is 7.11 Å². The van der Waals surface area contributed by atoms with Crippen LogP contribution in [0.1, 0.15) is 10.4 Å². The normalized spacial score (nSPS) is 9.83. The second-order valence-corrected chi connectivity index (χ2v) is 3.63. The van der Waals surface area contributed by atoms with E-state index in [2.05, 4.69) is 15.6 Å². The number of carbonyl (C=O) groups is 2. The molecule has 0 aliphatic heterocycles. The third kappa shape index (κ3) is 2.57. The van der Waals surface area contributed by atoms with Crippen LogP contribution in [0.3, 0.4) is 0 Å². The molecule has 5 heteroatoms. The minimum atomic E-state index is -0.718. The molecule has 2 aromatic carbocycles. The Labute approximate surface area is 104 Å². The van der Waals surface area contributed by atoms with E-state index in [1.54, 1.807) is 12.1 Å². The van der Waals surface area contributed by atoms with Gasteiger partial charge in [0, 0.05) is 5.56 Å². The fourth-order valence-electron chi connectivity index (χ4n) is 1.56. The predicted octanol–water partition coefficient (Wildman–Crippen LogP) is 1.84. The van der Waals surface area contributed by atoms with Gasteiger partial charge in [-0.1, -0.05) is 30.3 Å². The van der Waals surface area contributed by atoms with Gasteiger partial charge < -0.3 is 4.74 Å². The van der Waals surface area contributed by atoms with Crippen LogP contribution in [0.25, 0.3) is 10.8 Å². The second-order valence-electron chi connectivity index (χ2n) is 3.63. The van der Waals surface area contributed by atoms with Crippen molar-refractivity contribution in [1.29, 1.82) is 0 Å². The summed E-state index contributed by atoms with van der Waals surface area (Å²) in [6.07, 6.45) is -0.718. The molecule has 0 saturated heterocycles. The number of hydrazine groups is 1. The maximum Gasteiger partial charge on any atom is 0.425 e. The highest BCUT2D eigenvalue weighted by atomic mass is 16.5. The van der Waals surface area contributed by atoms with E-state index in [1.807, 2.05) is 30.3 Å². The molecule has 18 heavy (non-hydrogen) atoms. The summed E-state index contributed by atoms with van der Waals surface area (Å²) in [5.74, 6) is -0.397. The summed E-state index contributed by atoms with van der Waals surface area (Å²) in [6.45, 7) is 0. The van der Waals surface area contributed by atoms with Gasteiger partial charge in [0.05, 0.1) is 7.11 Å². The Morgan fingerprint density at radius 1 is 1.00 bits per heavy atom. The summed E-state index contributed by atoms with van der Waals surface area (Å²) < 4.78 is 4.34. The zero-order valence-corrected chi connectivity index (χ0v) is 9.77. The maximum absolute atomic E-state index is 11.7. The van der Waals surface area contributed by atoms with Gasteiger partial charge in [-0.15, -0.1) is 0 Å². The molecular weight excluding hydrogens is 232 g/mol. The largest absolute Gasteiger partial charge is 0.452 e. The fraction of sp³-hybridized carbons (Fsp3) is 0.0769. The molecule has 0 aliphatic rings. The number of benzene rings is 2. The van der Waals surface area contributed by atoms with Crippen LogP contribution >= 0.6 is 0 Å². The molecule has 2 aromatic rings. The molecule has 0 aliphatic carbocycles. The monoisotopic (exact) mass is 244 g/mol. The van der Waals surface area contributed by atoms with Gasteiger partial charge in [0.2, 0.25) is 0 Å². The van der Waals surface area contributed by atoms with Gasteiger partial charge >= 0.3 is 6.09 Å². The van der Waals surface area contributed by atoms with Gasteiger partial charge in [0.25, 0.3) is 5.91 Å². The number of carbonyl (C=O) groups excluding carboxylic acids is 2. The summed E-state index contributed by atoms with van der Waals surface area (Å²) in [5, 5.41) is 2.01. The van der Waals surface area contributed by atoms with Gasteiger partial charge in [0.1, 0.15) is 0 Å². The Bertz CT molecular complexity index is 596. The van der Waals surface area contributed by atoms with Crippen molar-refractivity contribution >= 4 is 22.8 Å². The van der Waals surface area contributed by atoms with E-state index in [0.717, 1.165) is 10.8 Å². The Kier molecular flexibility index (Phi) is 3.43. The highest BCUT2D eigenvalue weighted by Crippen LogP contribution is 2.15. The summed E-state index contributed by atoms with van der Waals surface area (Å²) in [5.41, 5.74) is 4.83. The number of ether oxygens (including phenoxy) is 1. The summed E-state index contributed by atoms with van der Waals surface area (Å²) in [6, 6.07) is 13.0. The molecule has 0 aromatic heterocycles. The van der Waals surface area contributed by atoms with Crippen molar-refractivity contribution in [3.8, 4) is 0 Å². The molecule has 0 unspecified atom stereocenters. The summed E-state index contributed by atoms with van der Waals surface area (Å²) in [4.78, 5) is 22.5. The van der Waals surface area contributed by atoms with E-state index >= 15 is 0 Å². The van der Waals surface area contributed by atoms with Gasteiger partial charge in [-0.3, -0.25) is 10.2 Å². The van der Waals surface area contributed by atoms with Crippen molar-refractivity contribution in [3.05, 3.63) is 48.0 Å². The molecule has 0 spiro atoms. The van der Waals surface area contributed by atoms with Crippen LogP contribution in [0, 0.1) is 0 Å². The van der Waals surface area contributed by atoms with Crippen LogP contribution in [-0.4, -0.2) is 19.1 Å². The number of amides is 2. The van der Waals surface area contributed by atoms with E-state index in [4.69, 9.17) is 0 Å². The molecule has 2 N–H and O–H groups in total. The van der Waals surface area contributed by atoms with Crippen molar-refractivity contribution in [2.45, 2.75) is 0 Å². The van der Waals surface area contributed by atoms with Crippen molar-refractivity contribution in [2.75, 3.05) is 7.11 Å². The zero-order valence-electron chi connectivity index (χ0n) is 9.77. The molecule has 92 valence electrons. The predicted molar refractivity (Wildman–Crippen MR) is 67.0 cm³/mol. The van der Waals surface area contributed by atoms with Crippen LogP contribution in [0.15, 0.2) is 42.5 Å². The number of nitrogens with one attached hydrogen (secondary N) is 2. The van der Waals surface area contributed by atoms with Crippen molar-refractivity contribution in [2.24, 2.45) is 0 Å². The maximum atomic E-state index is 11.7. The van der Waals surface area contributed by atoms with Crippen LogP contribution in [-0.2, 0) is 4.74 Å². The fourth-order valence-corrected chi connectivity index (χ4v) is 1.56. The molecule has 2 amide bonds. The Hall–Kier alpha value is -2.56. The van der Waals surface area contributed by atoms with Gasteiger partial charge in [-0.2, -0.15) is 0 Å². The van der Waals surface area contributed by atoms with Gasteiger partial charge in [-0.05, 0) is 22.9 Å². The molecule has 0 fully saturated rings. The molecule has 0 radical (unpaired) electrons. The topological polar surface area (TPSA) is 67.4 Å². The molecule has 0 bridgehead atoms. The first-order valence-corrected chi connectivity index (χ1v) is 5.34. The van der Waals surface area contributed by atoms with Crippen LogP contribution < -0.4 is 10.9 Å². The van der Waals surface area contributed by atoms with Crippen molar-refractivity contribution in [3.63, 3.8) is 0 Å². The number of rotatable bonds is 1. The molecule has 5 nitrogen and oxygen atoms in total. The minimum absolute atomic E-state index is 0.397. The Balaban J connectivity index is 2.15. The van der Waals surface area contributed by atoms with Crippen LogP contribution in [0.5, 0.6) is 0 Å². The number of methoxy groups -OCH3 is 1. The average Bonchev–Trinajstić information content (AvgIpc) is 2.43. The minimum Gasteiger partial charge on any atom is -0.452 e. The third-order valence-electron chi connectivity index (χ3n) is 2.48.